The standard InChI is InChI=1S/C25H26N4O5/c1-3-14(2)26-25(32)29-20(15-4-5-15)12-19(28-29)18-8-7-17(11-21(18)30)27-24(31)16-6-9-22-23(10-16)34-13-33-22/h6-12,14-15,30H,3-5,13H2,1-2H3,(H,26,32)(H,27,31). The quantitative estimate of drug-likeness (QED) is 0.498. The number of amides is 2. The van der Waals surface area contributed by atoms with Crippen molar-refractivity contribution in [3.05, 3.63) is 53.7 Å². The van der Waals surface area contributed by atoms with Gasteiger partial charge in [0.2, 0.25) is 6.79 Å². The molecule has 176 valence electrons. The number of rotatable bonds is 6. The van der Waals surface area contributed by atoms with Gasteiger partial charge >= 0.3 is 6.03 Å². The van der Waals surface area contributed by atoms with Crippen molar-refractivity contribution in [3.63, 3.8) is 0 Å². The highest BCUT2D eigenvalue weighted by Gasteiger charge is 2.31. The zero-order chi connectivity index (χ0) is 23.8. The van der Waals surface area contributed by atoms with Crippen molar-refractivity contribution < 1.29 is 24.2 Å². The van der Waals surface area contributed by atoms with Crippen molar-refractivity contribution in [2.45, 2.75) is 45.1 Å². The summed E-state index contributed by atoms with van der Waals surface area (Å²) in [6.07, 6.45) is 2.84. The summed E-state index contributed by atoms with van der Waals surface area (Å²) in [5, 5.41) is 20.9. The summed E-state index contributed by atoms with van der Waals surface area (Å²) in [6.45, 7) is 4.08. The van der Waals surface area contributed by atoms with Gasteiger partial charge in [-0.1, -0.05) is 6.92 Å². The van der Waals surface area contributed by atoms with Gasteiger partial charge < -0.3 is 25.2 Å². The molecule has 1 aromatic heterocycles. The van der Waals surface area contributed by atoms with E-state index >= 15 is 0 Å². The third-order valence-corrected chi connectivity index (χ3v) is 6.07. The van der Waals surface area contributed by atoms with Crippen molar-refractivity contribution in [1.29, 1.82) is 0 Å². The Balaban J connectivity index is 1.36. The number of fused-ring (bicyclic) bond motifs is 1. The molecule has 1 aliphatic carbocycles. The Labute approximate surface area is 196 Å². The van der Waals surface area contributed by atoms with E-state index in [2.05, 4.69) is 15.7 Å². The molecule has 1 atom stereocenters. The Morgan fingerprint density at radius 2 is 1.94 bits per heavy atom. The number of aromatic hydroxyl groups is 1. The first-order chi connectivity index (χ1) is 16.4. The second-order valence-corrected chi connectivity index (χ2v) is 8.65. The van der Waals surface area contributed by atoms with Crippen LogP contribution in [0.3, 0.4) is 0 Å². The number of nitrogens with one attached hydrogen (secondary N) is 2. The Morgan fingerprint density at radius 3 is 2.68 bits per heavy atom. The SMILES string of the molecule is CCC(C)NC(=O)n1nc(-c2ccc(NC(=O)c3ccc4c(c3)OCO4)cc2O)cc1C1CC1. The third-order valence-electron chi connectivity index (χ3n) is 6.07. The van der Waals surface area contributed by atoms with E-state index in [1.165, 1.54) is 10.7 Å². The molecule has 3 aromatic rings. The fourth-order valence-corrected chi connectivity index (χ4v) is 3.80. The van der Waals surface area contributed by atoms with Crippen molar-refractivity contribution in [1.82, 2.24) is 15.1 Å². The number of hydrogen-bond acceptors (Lipinski definition) is 6. The highest BCUT2D eigenvalue weighted by atomic mass is 16.7. The van der Waals surface area contributed by atoms with Crippen LogP contribution in [0.1, 0.15) is 55.1 Å². The molecule has 9 heteroatoms. The summed E-state index contributed by atoms with van der Waals surface area (Å²) in [7, 11) is 0. The number of carbonyl (C=O) groups is 2. The summed E-state index contributed by atoms with van der Waals surface area (Å²) in [4.78, 5) is 25.4. The molecule has 1 unspecified atom stereocenters. The molecule has 34 heavy (non-hydrogen) atoms. The van der Waals surface area contributed by atoms with Gasteiger partial charge in [-0.15, -0.1) is 0 Å². The summed E-state index contributed by atoms with van der Waals surface area (Å²) < 4.78 is 12.0. The van der Waals surface area contributed by atoms with Crippen LogP contribution in [0.25, 0.3) is 11.3 Å². The molecule has 1 saturated carbocycles. The van der Waals surface area contributed by atoms with E-state index in [4.69, 9.17) is 9.47 Å². The number of aromatic nitrogens is 2. The Morgan fingerprint density at radius 1 is 1.15 bits per heavy atom. The van der Waals surface area contributed by atoms with Crippen LogP contribution < -0.4 is 20.1 Å². The van der Waals surface area contributed by atoms with Gasteiger partial charge in [0, 0.05) is 34.8 Å². The number of hydrogen-bond donors (Lipinski definition) is 3. The van der Waals surface area contributed by atoms with Gasteiger partial charge in [-0.3, -0.25) is 4.79 Å². The lowest BCUT2D eigenvalue weighted by molar-refractivity contribution is 0.102. The molecule has 9 nitrogen and oxygen atoms in total. The number of benzene rings is 2. The third kappa shape index (κ3) is 4.28. The first-order valence-electron chi connectivity index (χ1n) is 11.4. The van der Waals surface area contributed by atoms with Gasteiger partial charge in [0.1, 0.15) is 5.75 Å². The van der Waals surface area contributed by atoms with Crippen molar-refractivity contribution >= 4 is 17.6 Å². The largest absolute Gasteiger partial charge is 0.507 e. The predicted octanol–water partition coefficient (Wildman–Crippen LogP) is 4.47. The van der Waals surface area contributed by atoms with Crippen molar-refractivity contribution in [3.8, 4) is 28.5 Å². The first-order valence-corrected chi connectivity index (χ1v) is 11.4. The van der Waals surface area contributed by atoms with Gasteiger partial charge in [-0.05, 0) is 62.6 Å². The van der Waals surface area contributed by atoms with Gasteiger partial charge in [-0.25, -0.2) is 4.79 Å². The minimum atomic E-state index is -0.340. The molecule has 3 N–H and O–H groups in total. The van der Waals surface area contributed by atoms with Crippen LogP contribution in [0, 0.1) is 0 Å². The maximum atomic E-state index is 12.7. The number of phenols is 1. The normalized spacial score (nSPS) is 15.1. The molecule has 2 amide bonds. The summed E-state index contributed by atoms with van der Waals surface area (Å²) in [5.74, 6) is 1.03. The number of carbonyl (C=O) groups excluding carboxylic acids is 2. The molecule has 0 spiro atoms. The fourth-order valence-electron chi connectivity index (χ4n) is 3.80. The van der Waals surface area contributed by atoms with Crippen LogP contribution in [0.15, 0.2) is 42.5 Å². The van der Waals surface area contributed by atoms with Gasteiger partial charge in [-0.2, -0.15) is 9.78 Å². The van der Waals surface area contributed by atoms with E-state index in [1.807, 2.05) is 19.9 Å². The highest BCUT2D eigenvalue weighted by Crippen LogP contribution is 2.42. The average molecular weight is 463 g/mol. The minimum absolute atomic E-state index is 0.0354. The number of ether oxygens (including phenoxy) is 2. The highest BCUT2D eigenvalue weighted by molar-refractivity contribution is 6.05. The smallest absolute Gasteiger partial charge is 0.342 e. The summed E-state index contributed by atoms with van der Waals surface area (Å²) in [6, 6.07) is 11.4. The van der Waals surface area contributed by atoms with E-state index in [0.717, 1.165) is 25.0 Å². The van der Waals surface area contributed by atoms with E-state index in [1.54, 1.807) is 30.3 Å². The van der Waals surface area contributed by atoms with Crippen LogP contribution in [0.4, 0.5) is 10.5 Å². The molecule has 5 rings (SSSR count). The molecule has 0 bridgehead atoms. The molecule has 2 heterocycles. The summed E-state index contributed by atoms with van der Waals surface area (Å²) in [5.41, 5.74) is 2.68. The monoisotopic (exact) mass is 462 g/mol. The van der Waals surface area contributed by atoms with E-state index in [9.17, 15) is 14.7 Å². The molecule has 0 saturated heterocycles. The van der Waals surface area contributed by atoms with Gasteiger partial charge in [0.15, 0.2) is 11.5 Å². The topological polar surface area (TPSA) is 115 Å². The second-order valence-electron chi connectivity index (χ2n) is 8.65. The Kier molecular flexibility index (Phi) is 5.61. The molecular formula is C25H26N4O5. The molecule has 2 aromatic carbocycles. The lowest BCUT2D eigenvalue weighted by Crippen LogP contribution is -2.36. The number of nitrogens with zero attached hydrogens (tertiary/aromatic N) is 2. The van der Waals surface area contributed by atoms with Crippen LogP contribution in [-0.4, -0.2) is 39.7 Å². The van der Waals surface area contributed by atoms with Crippen LogP contribution in [0.2, 0.25) is 0 Å². The lowest BCUT2D eigenvalue weighted by atomic mass is 10.1. The average Bonchev–Trinajstić information content (AvgIpc) is 3.39. The maximum Gasteiger partial charge on any atom is 0.342 e. The zero-order valence-electron chi connectivity index (χ0n) is 19.0. The fraction of sp³-hybridized carbons (Fsp3) is 0.320. The molecule has 1 aliphatic heterocycles. The maximum absolute atomic E-state index is 12.7. The van der Waals surface area contributed by atoms with Crippen molar-refractivity contribution in [2.24, 2.45) is 0 Å². The van der Waals surface area contributed by atoms with Crippen LogP contribution in [-0.2, 0) is 0 Å². The number of phenolic OH excluding ortho intramolecular Hbond substituents is 1. The molecule has 2 aliphatic rings. The molecule has 1 fully saturated rings. The second kappa shape index (κ2) is 8.74. The van der Waals surface area contributed by atoms with Crippen molar-refractivity contribution in [2.75, 3.05) is 12.1 Å². The minimum Gasteiger partial charge on any atom is -0.507 e. The first kappa shape index (κ1) is 21.8. The summed E-state index contributed by atoms with van der Waals surface area (Å²) >= 11 is 0. The Bertz CT molecular complexity index is 1260. The van der Waals surface area contributed by atoms with E-state index in [0.29, 0.717) is 39.9 Å². The predicted molar refractivity (Wildman–Crippen MR) is 126 cm³/mol. The van der Waals surface area contributed by atoms with E-state index in [-0.39, 0.29) is 30.5 Å². The van der Waals surface area contributed by atoms with Crippen LogP contribution in [0.5, 0.6) is 17.2 Å². The Hall–Kier alpha value is -4.01. The van der Waals surface area contributed by atoms with Gasteiger partial charge in [0.25, 0.3) is 5.91 Å². The van der Waals surface area contributed by atoms with Gasteiger partial charge in [0.05, 0.1) is 11.4 Å². The number of anilines is 1. The molecular weight excluding hydrogens is 436 g/mol. The van der Waals surface area contributed by atoms with E-state index < -0.39 is 0 Å². The molecule has 0 radical (unpaired) electrons. The zero-order valence-corrected chi connectivity index (χ0v) is 19.0. The van der Waals surface area contributed by atoms with Crippen LogP contribution >= 0.6 is 0 Å². The lowest BCUT2D eigenvalue weighted by Gasteiger charge is -2.12.